The van der Waals surface area contributed by atoms with E-state index in [0.29, 0.717) is 24.4 Å². The van der Waals surface area contributed by atoms with E-state index < -0.39 is 0 Å². The highest BCUT2D eigenvalue weighted by Crippen LogP contribution is 2.21. The highest BCUT2D eigenvalue weighted by molar-refractivity contribution is 5.93. The molecule has 0 bridgehead atoms. The Labute approximate surface area is 149 Å². The number of furan rings is 1. The molecule has 0 unspecified atom stereocenters. The maximum atomic E-state index is 13.0. The number of benzene rings is 1. The Kier molecular flexibility index (Phi) is 4.53. The maximum Gasteiger partial charge on any atom is 0.276 e. The summed E-state index contributed by atoms with van der Waals surface area (Å²) in [5.41, 5.74) is 0.949. The number of amides is 1. The topological polar surface area (TPSA) is 62.7 Å². The standard InChI is InChI=1S/C19H18FN3O3/c20-15-5-3-14(4-6-15)18-12-17(21-26-18)19(24)23-9-7-22(8-10-23)13-16-2-1-11-25-16/h1-6,11-12H,7-10,13H2. The van der Waals surface area contributed by atoms with Gasteiger partial charge in [-0.3, -0.25) is 9.69 Å². The molecule has 1 saturated heterocycles. The summed E-state index contributed by atoms with van der Waals surface area (Å²) in [5.74, 6) is 0.895. The zero-order chi connectivity index (χ0) is 17.9. The molecule has 0 aliphatic carbocycles. The highest BCUT2D eigenvalue weighted by atomic mass is 19.1. The first-order valence-electron chi connectivity index (χ1n) is 8.46. The summed E-state index contributed by atoms with van der Waals surface area (Å²) in [7, 11) is 0. The van der Waals surface area contributed by atoms with E-state index in [1.807, 2.05) is 12.1 Å². The second-order valence-corrected chi connectivity index (χ2v) is 6.23. The third kappa shape index (κ3) is 3.52. The summed E-state index contributed by atoms with van der Waals surface area (Å²) in [6, 6.07) is 11.3. The summed E-state index contributed by atoms with van der Waals surface area (Å²) in [5, 5.41) is 3.88. The molecule has 3 heterocycles. The van der Waals surface area contributed by atoms with Gasteiger partial charge in [0.1, 0.15) is 11.6 Å². The van der Waals surface area contributed by atoms with Crippen molar-refractivity contribution in [3.8, 4) is 11.3 Å². The first kappa shape index (κ1) is 16.5. The minimum atomic E-state index is -0.322. The Morgan fingerprint density at radius 3 is 2.58 bits per heavy atom. The molecule has 3 aromatic rings. The molecule has 0 spiro atoms. The molecule has 1 amide bonds. The summed E-state index contributed by atoms with van der Waals surface area (Å²) >= 11 is 0. The van der Waals surface area contributed by atoms with E-state index in [-0.39, 0.29) is 17.4 Å². The molecule has 1 aromatic carbocycles. The van der Waals surface area contributed by atoms with Gasteiger partial charge in [-0.1, -0.05) is 5.16 Å². The fraction of sp³-hybridized carbons (Fsp3) is 0.263. The van der Waals surface area contributed by atoms with Crippen molar-refractivity contribution in [2.24, 2.45) is 0 Å². The Bertz CT molecular complexity index is 866. The van der Waals surface area contributed by atoms with Gasteiger partial charge in [-0.2, -0.15) is 0 Å². The zero-order valence-electron chi connectivity index (χ0n) is 14.1. The minimum absolute atomic E-state index is 0.153. The average Bonchev–Trinajstić information content (AvgIpc) is 3.34. The summed E-state index contributed by atoms with van der Waals surface area (Å²) in [6.07, 6.45) is 1.67. The Morgan fingerprint density at radius 2 is 1.88 bits per heavy atom. The molecule has 2 aromatic heterocycles. The normalized spacial score (nSPS) is 15.3. The fourth-order valence-electron chi connectivity index (χ4n) is 3.02. The van der Waals surface area contributed by atoms with Gasteiger partial charge >= 0.3 is 0 Å². The van der Waals surface area contributed by atoms with Crippen LogP contribution in [0.3, 0.4) is 0 Å². The SMILES string of the molecule is O=C(c1cc(-c2ccc(F)cc2)on1)N1CCN(Cc2ccco2)CC1. The molecule has 0 N–H and O–H groups in total. The van der Waals surface area contributed by atoms with Gasteiger partial charge in [0.05, 0.1) is 12.8 Å². The van der Waals surface area contributed by atoms with E-state index in [9.17, 15) is 9.18 Å². The second-order valence-electron chi connectivity index (χ2n) is 6.23. The monoisotopic (exact) mass is 355 g/mol. The third-order valence-corrected chi connectivity index (χ3v) is 4.48. The number of piperazine rings is 1. The number of carbonyl (C=O) groups excluding carboxylic acids is 1. The zero-order valence-corrected chi connectivity index (χ0v) is 14.1. The number of hydrogen-bond donors (Lipinski definition) is 0. The molecular formula is C19H18FN3O3. The second kappa shape index (κ2) is 7.13. The van der Waals surface area contributed by atoms with Crippen molar-refractivity contribution in [3.63, 3.8) is 0 Å². The predicted octanol–water partition coefficient (Wildman–Crippen LogP) is 3.03. The van der Waals surface area contributed by atoms with Crippen LogP contribution in [0.4, 0.5) is 4.39 Å². The molecule has 1 aliphatic heterocycles. The number of rotatable bonds is 4. The van der Waals surface area contributed by atoms with Gasteiger partial charge in [0.15, 0.2) is 11.5 Å². The third-order valence-electron chi connectivity index (χ3n) is 4.48. The molecule has 1 fully saturated rings. The quantitative estimate of drug-likeness (QED) is 0.720. The average molecular weight is 355 g/mol. The lowest BCUT2D eigenvalue weighted by atomic mass is 10.1. The number of aromatic nitrogens is 1. The van der Waals surface area contributed by atoms with Crippen LogP contribution in [0.1, 0.15) is 16.2 Å². The van der Waals surface area contributed by atoms with Crippen molar-refractivity contribution in [2.45, 2.75) is 6.54 Å². The van der Waals surface area contributed by atoms with Crippen LogP contribution in [0, 0.1) is 5.82 Å². The van der Waals surface area contributed by atoms with Crippen molar-refractivity contribution in [3.05, 3.63) is 66.0 Å². The fourth-order valence-corrected chi connectivity index (χ4v) is 3.02. The molecule has 6 nitrogen and oxygen atoms in total. The van der Waals surface area contributed by atoms with Gasteiger partial charge in [-0.15, -0.1) is 0 Å². The number of carbonyl (C=O) groups is 1. The summed E-state index contributed by atoms with van der Waals surface area (Å²) in [4.78, 5) is 16.6. The van der Waals surface area contributed by atoms with Crippen LogP contribution in [0.5, 0.6) is 0 Å². The van der Waals surface area contributed by atoms with Gasteiger partial charge in [0, 0.05) is 37.8 Å². The Hall–Kier alpha value is -2.93. The predicted molar refractivity (Wildman–Crippen MR) is 91.8 cm³/mol. The van der Waals surface area contributed by atoms with Gasteiger partial charge in [-0.25, -0.2) is 4.39 Å². The first-order chi connectivity index (χ1) is 12.7. The lowest BCUT2D eigenvalue weighted by Crippen LogP contribution is -2.48. The van der Waals surface area contributed by atoms with Crippen molar-refractivity contribution in [1.82, 2.24) is 15.0 Å². The molecule has 1 aliphatic rings. The Morgan fingerprint density at radius 1 is 1.12 bits per heavy atom. The lowest BCUT2D eigenvalue weighted by molar-refractivity contribution is 0.0610. The van der Waals surface area contributed by atoms with Crippen molar-refractivity contribution in [1.29, 1.82) is 0 Å². The number of hydrogen-bond acceptors (Lipinski definition) is 5. The van der Waals surface area contributed by atoms with E-state index in [1.165, 1.54) is 12.1 Å². The van der Waals surface area contributed by atoms with Crippen LogP contribution >= 0.6 is 0 Å². The van der Waals surface area contributed by atoms with E-state index in [4.69, 9.17) is 8.94 Å². The molecule has 134 valence electrons. The Balaban J connectivity index is 1.37. The molecule has 0 atom stereocenters. The smallest absolute Gasteiger partial charge is 0.276 e. The van der Waals surface area contributed by atoms with Crippen LogP contribution in [0.25, 0.3) is 11.3 Å². The van der Waals surface area contributed by atoms with Crippen LogP contribution in [0.2, 0.25) is 0 Å². The van der Waals surface area contributed by atoms with Gasteiger partial charge < -0.3 is 13.8 Å². The van der Waals surface area contributed by atoms with E-state index in [1.54, 1.807) is 29.4 Å². The maximum absolute atomic E-state index is 13.0. The van der Waals surface area contributed by atoms with E-state index in [2.05, 4.69) is 10.1 Å². The first-order valence-corrected chi connectivity index (χ1v) is 8.46. The van der Waals surface area contributed by atoms with Crippen LogP contribution in [-0.2, 0) is 6.54 Å². The molecule has 26 heavy (non-hydrogen) atoms. The van der Waals surface area contributed by atoms with Crippen molar-refractivity contribution in [2.75, 3.05) is 26.2 Å². The van der Waals surface area contributed by atoms with Gasteiger partial charge in [-0.05, 0) is 36.4 Å². The van der Waals surface area contributed by atoms with Crippen molar-refractivity contribution < 1.29 is 18.1 Å². The molecular weight excluding hydrogens is 337 g/mol. The molecule has 7 heteroatoms. The lowest BCUT2D eigenvalue weighted by Gasteiger charge is -2.33. The number of halogens is 1. The van der Waals surface area contributed by atoms with Crippen LogP contribution in [-0.4, -0.2) is 47.0 Å². The summed E-state index contributed by atoms with van der Waals surface area (Å²) < 4.78 is 23.6. The highest BCUT2D eigenvalue weighted by Gasteiger charge is 2.25. The molecule has 4 rings (SSSR count). The summed E-state index contributed by atoms with van der Waals surface area (Å²) in [6.45, 7) is 3.54. The molecule has 0 radical (unpaired) electrons. The minimum Gasteiger partial charge on any atom is -0.468 e. The van der Waals surface area contributed by atoms with E-state index >= 15 is 0 Å². The molecule has 0 saturated carbocycles. The van der Waals surface area contributed by atoms with E-state index in [0.717, 1.165) is 25.4 Å². The largest absolute Gasteiger partial charge is 0.468 e. The van der Waals surface area contributed by atoms with Crippen LogP contribution in [0.15, 0.2) is 57.7 Å². The van der Waals surface area contributed by atoms with Crippen molar-refractivity contribution >= 4 is 5.91 Å². The van der Waals surface area contributed by atoms with Gasteiger partial charge in [0.25, 0.3) is 5.91 Å². The number of nitrogens with zero attached hydrogens (tertiary/aromatic N) is 3. The van der Waals surface area contributed by atoms with Gasteiger partial charge in [0.2, 0.25) is 0 Å². The van der Waals surface area contributed by atoms with Crippen LogP contribution < -0.4 is 0 Å².